The lowest BCUT2D eigenvalue weighted by atomic mass is 10.1. The summed E-state index contributed by atoms with van der Waals surface area (Å²) in [5.41, 5.74) is 2.69. The summed E-state index contributed by atoms with van der Waals surface area (Å²) in [6.07, 6.45) is 4.55. The lowest BCUT2D eigenvalue weighted by molar-refractivity contribution is 0.167. The number of nitrogens with one attached hydrogen (secondary N) is 1. The Balaban J connectivity index is 1.93. The van der Waals surface area contributed by atoms with Crippen molar-refractivity contribution in [1.82, 2.24) is 15.3 Å². The Morgan fingerprint density at radius 2 is 1.85 bits per heavy atom. The fourth-order valence-corrected chi connectivity index (χ4v) is 2.31. The van der Waals surface area contributed by atoms with E-state index in [1.165, 1.54) is 7.11 Å². The molecule has 0 aliphatic heterocycles. The molecule has 0 bridgehead atoms. The number of alkyl halides is 1. The van der Waals surface area contributed by atoms with Gasteiger partial charge in [0, 0.05) is 30.4 Å². The van der Waals surface area contributed by atoms with Crippen molar-refractivity contribution in [3.63, 3.8) is 0 Å². The van der Waals surface area contributed by atoms with Gasteiger partial charge in [-0.25, -0.2) is 14.8 Å². The number of nitrogens with zero attached hydrogens (tertiary/aromatic N) is 2. The smallest absolute Gasteiger partial charge is 0.407 e. The number of aryl methyl sites for hydroxylation is 1. The second-order valence-electron chi connectivity index (χ2n) is 5.87. The molecule has 0 radical (unpaired) electrons. The molecule has 136 valence electrons. The minimum atomic E-state index is -0.432. The number of ether oxygens (including phenoxy) is 1. The molecule has 1 unspecified atom stereocenters. The highest BCUT2D eigenvalue weighted by Crippen LogP contribution is 2.07. The highest BCUT2D eigenvalue weighted by atomic mass is 19.1. The Morgan fingerprint density at radius 3 is 2.46 bits per heavy atom. The van der Waals surface area contributed by atoms with Gasteiger partial charge in [-0.2, -0.15) is 0 Å². The Labute approximate surface area is 153 Å². The van der Waals surface area contributed by atoms with Crippen molar-refractivity contribution in [3.8, 4) is 11.8 Å². The SMILES string of the molecule is COC(=O)NC(C)Cc1ccc(C#Cc2cnc(CCCF)nc2)cc1. The van der Waals surface area contributed by atoms with E-state index < -0.39 is 6.09 Å². The van der Waals surface area contributed by atoms with Crippen molar-refractivity contribution in [1.29, 1.82) is 0 Å². The van der Waals surface area contributed by atoms with E-state index in [9.17, 15) is 9.18 Å². The Bertz CT molecular complexity index is 764. The molecule has 1 atom stereocenters. The lowest BCUT2D eigenvalue weighted by Gasteiger charge is -2.12. The predicted molar refractivity (Wildman–Crippen MR) is 97.5 cm³/mol. The van der Waals surface area contributed by atoms with E-state index in [0.717, 1.165) is 11.1 Å². The zero-order valence-corrected chi connectivity index (χ0v) is 15.0. The van der Waals surface area contributed by atoms with Crippen LogP contribution in [0.4, 0.5) is 9.18 Å². The summed E-state index contributed by atoms with van der Waals surface area (Å²) < 4.78 is 16.7. The van der Waals surface area contributed by atoms with Gasteiger partial charge < -0.3 is 10.1 Å². The summed E-state index contributed by atoms with van der Waals surface area (Å²) in [5.74, 6) is 6.71. The molecule has 0 aliphatic carbocycles. The van der Waals surface area contributed by atoms with Gasteiger partial charge in [-0.3, -0.25) is 4.39 Å². The Kier molecular flexibility index (Phi) is 7.56. The molecule has 0 fully saturated rings. The van der Waals surface area contributed by atoms with Crippen molar-refractivity contribution < 1.29 is 13.9 Å². The number of halogens is 1. The second kappa shape index (κ2) is 10.1. The molecule has 0 saturated carbocycles. The number of benzene rings is 1. The average molecular weight is 355 g/mol. The van der Waals surface area contributed by atoms with E-state index in [1.807, 2.05) is 31.2 Å². The minimum Gasteiger partial charge on any atom is -0.453 e. The predicted octanol–water partition coefficient (Wildman–Crippen LogP) is 3.07. The summed E-state index contributed by atoms with van der Waals surface area (Å²) in [5, 5.41) is 2.73. The van der Waals surface area contributed by atoms with E-state index in [4.69, 9.17) is 0 Å². The van der Waals surface area contributed by atoms with E-state index in [1.54, 1.807) is 12.4 Å². The Morgan fingerprint density at radius 1 is 1.19 bits per heavy atom. The van der Waals surface area contributed by atoms with Gasteiger partial charge in [0.15, 0.2) is 0 Å². The standard InChI is InChI=1S/C20H22FN3O2/c1-15(24-20(25)26-2)12-17-8-5-16(6-9-17)7-10-18-13-22-19(23-14-18)4-3-11-21/h5-6,8-9,13-15H,3-4,11-12H2,1-2H3,(H,24,25). The van der Waals surface area contributed by atoms with Gasteiger partial charge in [-0.1, -0.05) is 24.0 Å². The number of hydrogen-bond donors (Lipinski definition) is 1. The molecular formula is C20H22FN3O2. The third kappa shape index (κ3) is 6.52. The van der Waals surface area contributed by atoms with Crippen molar-refractivity contribution in [3.05, 3.63) is 59.2 Å². The number of carbonyl (C=O) groups is 1. The van der Waals surface area contributed by atoms with Crippen molar-refractivity contribution in [2.45, 2.75) is 32.2 Å². The molecule has 1 amide bonds. The molecule has 1 aromatic carbocycles. The molecule has 1 aromatic heterocycles. The number of methoxy groups -OCH3 is 1. The van der Waals surface area contributed by atoms with Crippen LogP contribution in [0.5, 0.6) is 0 Å². The van der Waals surface area contributed by atoms with Crippen molar-refractivity contribution in [2.24, 2.45) is 0 Å². The molecule has 5 nitrogen and oxygen atoms in total. The van der Waals surface area contributed by atoms with E-state index >= 15 is 0 Å². The summed E-state index contributed by atoms with van der Waals surface area (Å²) in [7, 11) is 1.35. The van der Waals surface area contributed by atoms with Gasteiger partial charge >= 0.3 is 6.09 Å². The first-order valence-corrected chi connectivity index (χ1v) is 8.43. The number of carbonyl (C=O) groups excluding carboxylic acids is 1. The second-order valence-corrected chi connectivity index (χ2v) is 5.87. The zero-order chi connectivity index (χ0) is 18.8. The van der Waals surface area contributed by atoms with Crippen LogP contribution in [0.2, 0.25) is 0 Å². The third-order valence-corrected chi connectivity index (χ3v) is 3.64. The van der Waals surface area contributed by atoms with Crippen molar-refractivity contribution >= 4 is 6.09 Å². The van der Waals surface area contributed by atoms with E-state index in [2.05, 4.69) is 31.9 Å². The number of hydrogen-bond acceptors (Lipinski definition) is 4. The van der Waals surface area contributed by atoms with Crippen molar-refractivity contribution in [2.75, 3.05) is 13.8 Å². The van der Waals surface area contributed by atoms with Crippen LogP contribution in [0, 0.1) is 11.8 Å². The van der Waals surface area contributed by atoms with Gasteiger partial charge in [0.05, 0.1) is 19.3 Å². The van der Waals surface area contributed by atoms with Gasteiger partial charge in [0.2, 0.25) is 0 Å². The molecule has 1 heterocycles. The van der Waals surface area contributed by atoms with Crippen LogP contribution in [0.3, 0.4) is 0 Å². The highest BCUT2D eigenvalue weighted by molar-refractivity contribution is 5.67. The van der Waals surface area contributed by atoms with Crippen LogP contribution in [0.25, 0.3) is 0 Å². The fraction of sp³-hybridized carbons (Fsp3) is 0.350. The van der Waals surface area contributed by atoms with Crippen LogP contribution in [0.15, 0.2) is 36.7 Å². The summed E-state index contributed by atoms with van der Waals surface area (Å²) >= 11 is 0. The zero-order valence-electron chi connectivity index (χ0n) is 15.0. The fourth-order valence-electron chi connectivity index (χ4n) is 2.31. The van der Waals surface area contributed by atoms with Gasteiger partial charge in [-0.15, -0.1) is 0 Å². The number of alkyl carbamates (subject to hydrolysis) is 1. The van der Waals surface area contributed by atoms with Gasteiger partial charge in [0.25, 0.3) is 0 Å². The summed E-state index contributed by atoms with van der Waals surface area (Å²) in [4.78, 5) is 19.5. The highest BCUT2D eigenvalue weighted by Gasteiger charge is 2.07. The molecule has 26 heavy (non-hydrogen) atoms. The van der Waals surface area contributed by atoms with Gasteiger partial charge in [0.1, 0.15) is 5.82 Å². The largest absolute Gasteiger partial charge is 0.453 e. The maximum absolute atomic E-state index is 12.1. The molecular weight excluding hydrogens is 333 g/mol. The lowest BCUT2D eigenvalue weighted by Crippen LogP contribution is -2.33. The molecule has 1 N–H and O–H groups in total. The monoisotopic (exact) mass is 355 g/mol. The van der Waals surface area contributed by atoms with Crippen LogP contribution >= 0.6 is 0 Å². The van der Waals surface area contributed by atoms with Crippen LogP contribution < -0.4 is 5.32 Å². The first kappa shape index (κ1) is 19.4. The van der Waals surface area contributed by atoms with E-state index in [0.29, 0.717) is 30.7 Å². The molecule has 0 saturated heterocycles. The first-order chi connectivity index (χ1) is 12.6. The molecule has 0 spiro atoms. The van der Waals surface area contributed by atoms with Crippen LogP contribution in [0.1, 0.15) is 35.9 Å². The first-order valence-electron chi connectivity index (χ1n) is 8.43. The molecule has 0 aliphatic rings. The Hall–Kier alpha value is -2.94. The molecule has 2 rings (SSSR count). The quantitative estimate of drug-likeness (QED) is 0.809. The van der Waals surface area contributed by atoms with E-state index in [-0.39, 0.29) is 12.7 Å². The topological polar surface area (TPSA) is 64.1 Å². The number of aromatic nitrogens is 2. The third-order valence-electron chi connectivity index (χ3n) is 3.64. The molecule has 6 heteroatoms. The average Bonchev–Trinajstić information content (AvgIpc) is 2.66. The summed E-state index contributed by atoms with van der Waals surface area (Å²) in [6, 6.07) is 7.81. The minimum absolute atomic E-state index is 0.0209. The maximum Gasteiger partial charge on any atom is 0.407 e. The summed E-state index contributed by atoms with van der Waals surface area (Å²) in [6.45, 7) is 1.56. The maximum atomic E-state index is 12.1. The number of amides is 1. The van der Waals surface area contributed by atoms with Gasteiger partial charge in [-0.05, 0) is 37.5 Å². The van der Waals surface area contributed by atoms with Crippen LogP contribution in [-0.2, 0) is 17.6 Å². The number of rotatable bonds is 6. The normalized spacial score (nSPS) is 11.2. The molecule has 2 aromatic rings. The van der Waals surface area contributed by atoms with Crippen LogP contribution in [-0.4, -0.2) is 35.9 Å².